The Kier molecular flexibility index (Phi) is 3.02. The highest BCUT2D eigenvalue weighted by Gasteiger charge is 2.45. The normalized spacial score (nSPS) is 21.0. The van der Waals surface area contributed by atoms with E-state index in [1.165, 1.54) is 25.8 Å². The summed E-state index contributed by atoms with van der Waals surface area (Å²) < 4.78 is 0. The Labute approximate surface area is 89.7 Å². The highest BCUT2D eigenvalue weighted by molar-refractivity contribution is 4.98. The van der Waals surface area contributed by atoms with E-state index in [-0.39, 0.29) is 5.54 Å². The summed E-state index contributed by atoms with van der Waals surface area (Å²) in [5.74, 6) is 0. The van der Waals surface area contributed by atoms with Crippen LogP contribution in [0.4, 0.5) is 0 Å². The molecule has 84 valence electrons. The summed E-state index contributed by atoms with van der Waals surface area (Å²) >= 11 is 0. The summed E-state index contributed by atoms with van der Waals surface area (Å²) in [6.07, 6.45) is 4.21. The minimum Gasteiger partial charge on any atom is -0.312 e. The summed E-state index contributed by atoms with van der Waals surface area (Å²) in [7, 11) is 0. The van der Waals surface area contributed by atoms with Crippen LogP contribution in [-0.4, -0.2) is 12.1 Å². The Balaban J connectivity index is 2.37. The molecule has 0 spiro atoms. The SMILES string of the molecule is CC(C)(C)CC1(CNC(C)(C)C)CC1. The average molecular weight is 197 g/mol. The molecule has 1 saturated carbocycles. The fraction of sp³-hybridized carbons (Fsp3) is 1.00. The highest BCUT2D eigenvalue weighted by Crippen LogP contribution is 2.52. The molecule has 0 amide bonds. The van der Waals surface area contributed by atoms with Crippen LogP contribution in [-0.2, 0) is 0 Å². The zero-order chi connectivity index (χ0) is 11.0. The molecule has 1 N–H and O–H groups in total. The van der Waals surface area contributed by atoms with Crippen LogP contribution in [0.2, 0.25) is 0 Å². The molecule has 0 bridgehead atoms. The second-order valence-corrected chi connectivity index (χ2v) is 7.34. The van der Waals surface area contributed by atoms with Crippen molar-refractivity contribution in [2.75, 3.05) is 6.54 Å². The second-order valence-electron chi connectivity index (χ2n) is 7.34. The van der Waals surface area contributed by atoms with E-state index in [1.54, 1.807) is 0 Å². The molecule has 0 unspecified atom stereocenters. The predicted molar refractivity (Wildman–Crippen MR) is 63.5 cm³/mol. The van der Waals surface area contributed by atoms with Gasteiger partial charge in [-0.15, -0.1) is 0 Å². The van der Waals surface area contributed by atoms with E-state index in [2.05, 4.69) is 46.9 Å². The van der Waals surface area contributed by atoms with Gasteiger partial charge >= 0.3 is 0 Å². The molecule has 1 aliphatic carbocycles. The van der Waals surface area contributed by atoms with E-state index >= 15 is 0 Å². The third kappa shape index (κ3) is 4.45. The van der Waals surface area contributed by atoms with Gasteiger partial charge in [-0.3, -0.25) is 0 Å². The number of hydrogen-bond donors (Lipinski definition) is 1. The minimum atomic E-state index is 0.271. The van der Waals surface area contributed by atoms with E-state index in [1.807, 2.05) is 0 Å². The maximum atomic E-state index is 3.65. The lowest BCUT2D eigenvalue weighted by Gasteiger charge is -2.29. The van der Waals surface area contributed by atoms with Crippen LogP contribution < -0.4 is 5.32 Å². The van der Waals surface area contributed by atoms with Gasteiger partial charge in [0.2, 0.25) is 0 Å². The lowest BCUT2D eigenvalue weighted by atomic mass is 9.82. The molecular formula is C13H27N. The van der Waals surface area contributed by atoms with Crippen molar-refractivity contribution in [3.63, 3.8) is 0 Å². The number of rotatable bonds is 3. The summed E-state index contributed by atoms with van der Waals surface area (Å²) in [4.78, 5) is 0. The predicted octanol–water partition coefficient (Wildman–Crippen LogP) is 3.59. The maximum Gasteiger partial charge on any atom is 0.00967 e. The molecule has 0 heterocycles. The van der Waals surface area contributed by atoms with Crippen LogP contribution >= 0.6 is 0 Å². The molecule has 0 radical (unpaired) electrons. The molecule has 1 nitrogen and oxygen atoms in total. The number of hydrogen-bond acceptors (Lipinski definition) is 1. The first kappa shape index (κ1) is 12.0. The Morgan fingerprint density at radius 1 is 1.00 bits per heavy atom. The van der Waals surface area contributed by atoms with Crippen molar-refractivity contribution < 1.29 is 0 Å². The van der Waals surface area contributed by atoms with Crippen molar-refractivity contribution in [3.8, 4) is 0 Å². The summed E-state index contributed by atoms with van der Waals surface area (Å²) in [6, 6.07) is 0. The fourth-order valence-electron chi connectivity index (χ4n) is 2.17. The van der Waals surface area contributed by atoms with Crippen molar-refractivity contribution in [2.24, 2.45) is 10.8 Å². The van der Waals surface area contributed by atoms with Gasteiger partial charge in [-0.1, -0.05) is 20.8 Å². The van der Waals surface area contributed by atoms with Crippen molar-refractivity contribution >= 4 is 0 Å². The summed E-state index contributed by atoms with van der Waals surface area (Å²) in [5, 5.41) is 3.65. The van der Waals surface area contributed by atoms with Gasteiger partial charge in [-0.05, 0) is 50.9 Å². The topological polar surface area (TPSA) is 12.0 Å². The van der Waals surface area contributed by atoms with Gasteiger partial charge in [-0.25, -0.2) is 0 Å². The fourth-order valence-corrected chi connectivity index (χ4v) is 2.17. The lowest BCUT2D eigenvalue weighted by Crippen LogP contribution is -2.40. The van der Waals surface area contributed by atoms with Crippen molar-refractivity contribution in [2.45, 2.75) is 66.3 Å². The molecule has 0 saturated heterocycles. The Bertz CT molecular complexity index is 188. The molecular weight excluding hydrogens is 170 g/mol. The second kappa shape index (κ2) is 3.52. The quantitative estimate of drug-likeness (QED) is 0.729. The first-order chi connectivity index (χ1) is 6.12. The summed E-state index contributed by atoms with van der Waals surface area (Å²) in [5.41, 5.74) is 1.38. The zero-order valence-corrected chi connectivity index (χ0v) is 10.8. The van der Waals surface area contributed by atoms with Gasteiger partial charge in [0.1, 0.15) is 0 Å². The van der Waals surface area contributed by atoms with Crippen molar-refractivity contribution in [1.82, 2.24) is 5.32 Å². The van der Waals surface area contributed by atoms with Gasteiger partial charge in [0.15, 0.2) is 0 Å². The monoisotopic (exact) mass is 197 g/mol. The van der Waals surface area contributed by atoms with Crippen LogP contribution in [0.3, 0.4) is 0 Å². The average Bonchev–Trinajstić information content (AvgIpc) is 2.60. The molecule has 0 aliphatic heterocycles. The van der Waals surface area contributed by atoms with E-state index in [0.29, 0.717) is 10.8 Å². The highest BCUT2D eigenvalue weighted by atomic mass is 15.0. The molecule has 1 rings (SSSR count). The summed E-state index contributed by atoms with van der Waals surface area (Å²) in [6.45, 7) is 15.0. The minimum absolute atomic E-state index is 0.271. The van der Waals surface area contributed by atoms with Crippen molar-refractivity contribution in [1.29, 1.82) is 0 Å². The third-order valence-electron chi connectivity index (χ3n) is 2.86. The van der Waals surface area contributed by atoms with Crippen LogP contribution in [0.1, 0.15) is 60.8 Å². The lowest BCUT2D eigenvalue weighted by molar-refractivity contribution is 0.251. The van der Waals surface area contributed by atoms with Gasteiger partial charge in [0, 0.05) is 12.1 Å². The Hall–Kier alpha value is -0.0400. The molecule has 1 heteroatoms. The van der Waals surface area contributed by atoms with Crippen LogP contribution in [0, 0.1) is 10.8 Å². The van der Waals surface area contributed by atoms with E-state index in [0.717, 1.165) is 0 Å². The van der Waals surface area contributed by atoms with E-state index in [4.69, 9.17) is 0 Å². The molecule has 0 atom stereocenters. The van der Waals surface area contributed by atoms with Crippen LogP contribution in [0.25, 0.3) is 0 Å². The molecule has 14 heavy (non-hydrogen) atoms. The van der Waals surface area contributed by atoms with E-state index < -0.39 is 0 Å². The van der Waals surface area contributed by atoms with Gasteiger partial charge in [0.05, 0.1) is 0 Å². The molecule has 0 aromatic rings. The van der Waals surface area contributed by atoms with Gasteiger partial charge in [-0.2, -0.15) is 0 Å². The Morgan fingerprint density at radius 3 is 1.79 bits per heavy atom. The van der Waals surface area contributed by atoms with Crippen LogP contribution in [0.15, 0.2) is 0 Å². The molecule has 1 aliphatic rings. The first-order valence-electron chi connectivity index (χ1n) is 5.87. The maximum absolute atomic E-state index is 3.65. The molecule has 0 aromatic heterocycles. The molecule has 1 fully saturated rings. The first-order valence-corrected chi connectivity index (χ1v) is 5.87. The Morgan fingerprint density at radius 2 is 1.50 bits per heavy atom. The van der Waals surface area contributed by atoms with Gasteiger partial charge < -0.3 is 5.32 Å². The van der Waals surface area contributed by atoms with Gasteiger partial charge in [0.25, 0.3) is 0 Å². The third-order valence-corrected chi connectivity index (χ3v) is 2.86. The number of nitrogens with one attached hydrogen (secondary N) is 1. The van der Waals surface area contributed by atoms with Crippen molar-refractivity contribution in [3.05, 3.63) is 0 Å². The zero-order valence-electron chi connectivity index (χ0n) is 10.8. The largest absolute Gasteiger partial charge is 0.312 e. The van der Waals surface area contributed by atoms with Crippen LogP contribution in [0.5, 0.6) is 0 Å². The standard InChI is InChI=1S/C13H27N/c1-11(2,3)9-13(7-8-13)10-14-12(4,5)6/h14H,7-10H2,1-6H3. The smallest absolute Gasteiger partial charge is 0.00967 e. The van der Waals surface area contributed by atoms with E-state index in [9.17, 15) is 0 Å². The molecule has 0 aromatic carbocycles.